The van der Waals surface area contributed by atoms with Crippen LogP contribution < -0.4 is 0 Å². The molecule has 1 aromatic heterocycles. The van der Waals surface area contributed by atoms with Gasteiger partial charge in [-0.05, 0) is 29.8 Å². The highest BCUT2D eigenvalue weighted by Crippen LogP contribution is 2.20. The Morgan fingerprint density at radius 3 is 2.64 bits per heavy atom. The molecule has 0 bridgehead atoms. The zero-order chi connectivity index (χ0) is 18.0. The molecule has 3 rings (SSSR count). The predicted molar refractivity (Wildman–Crippen MR) is 89.3 cm³/mol. The fourth-order valence-electron chi connectivity index (χ4n) is 2.21. The third-order valence-corrected chi connectivity index (χ3v) is 5.29. The highest BCUT2D eigenvalue weighted by molar-refractivity contribution is 7.93. The Bertz CT molecular complexity index is 1040. The third-order valence-electron chi connectivity index (χ3n) is 3.53. The number of nitrogens with zero attached hydrogens (tertiary/aromatic N) is 3. The number of rotatable bonds is 4. The third kappa shape index (κ3) is 3.90. The number of hydrogen-bond acceptors (Lipinski definition) is 5. The van der Waals surface area contributed by atoms with Crippen molar-refractivity contribution in [2.24, 2.45) is 4.36 Å². The standard InChI is InChI=1S/C17H15F2N3O2S/c1-11-21-17(22-24-11)13-5-3-4-12(8-13)10-20-25(2,23)14-6-7-15(18)16(19)9-14/h3-9H,10H2,1-2H3. The molecule has 1 atom stereocenters. The Labute approximate surface area is 143 Å². The Morgan fingerprint density at radius 2 is 1.96 bits per heavy atom. The molecular formula is C17H15F2N3O2S. The summed E-state index contributed by atoms with van der Waals surface area (Å²) in [5, 5.41) is 3.85. The lowest BCUT2D eigenvalue weighted by Gasteiger charge is -2.06. The second-order valence-electron chi connectivity index (χ2n) is 5.50. The second kappa shape index (κ2) is 6.72. The van der Waals surface area contributed by atoms with Crippen molar-refractivity contribution in [3.05, 3.63) is 65.6 Å². The van der Waals surface area contributed by atoms with Crippen LogP contribution in [0.25, 0.3) is 11.4 Å². The molecule has 5 nitrogen and oxygen atoms in total. The van der Waals surface area contributed by atoms with Crippen LogP contribution >= 0.6 is 0 Å². The van der Waals surface area contributed by atoms with E-state index in [1.54, 1.807) is 13.0 Å². The molecule has 130 valence electrons. The second-order valence-corrected chi connectivity index (χ2v) is 7.84. The topological polar surface area (TPSA) is 68.3 Å². The van der Waals surface area contributed by atoms with Gasteiger partial charge in [-0.2, -0.15) is 4.98 Å². The minimum atomic E-state index is -2.85. The van der Waals surface area contributed by atoms with Crippen molar-refractivity contribution in [2.45, 2.75) is 18.4 Å². The Balaban J connectivity index is 1.88. The van der Waals surface area contributed by atoms with E-state index in [0.717, 1.165) is 23.3 Å². The first-order chi connectivity index (χ1) is 11.8. The monoisotopic (exact) mass is 363 g/mol. The zero-order valence-corrected chi connectivity index (χ0v) is 14.4. The smallest absolute Gasteiger partial charge is 0.223 e. The molecule has 0 aliphatic carbocycles. The molecule has 0 aliphatic rings. The summed E-state index contributed by atoms with van der Waals surface area (Å²) in [6, 6.07) is 10.4. The maximum atomic E-state index is 13.4. The minimum absolute atomic E-state index is 0.149. The maximum Gasteiger partial charge on any atom is 0.223 e. The van der Waals surface area contributed by atoms with Crippen molar-refractivity contribution >= 4 is 9.73 Å². The average molecular weight is 363 g/mol. The first-order valence-corrected chi connectivity index (χ1v) is 9.30. The van der Waals surface area contributed by atoms with E-state index in [4.69, 9.17) is 4.52 Å². The SMILES string of the molecule is Cc1nc(-c2cccc(CN=S(C)(=O)c3ccc(F)c(F)c3)c2)no1. The van der Waals surface area contributed by atoms with Gasteiger partial charge in [0.05, 0.1) is 21.2 Å². The van der Waals surface area contributed by atoms with E-state index in [1.807, 2.05) is 18.2 Å². The number of aryl methyl sites for hydroxylation is 1. The van der Waals surface area contributed by atoms with Crippen LogP contribution in [0.15, 0.2) is 56.2 Å². The number of aromatic nitrogens is 2. The highest BCUT2D eigenvalue weighted by Gasteiger charge is 2.11. The minimum Gasteiger partial charge on any atom is -0.339 e. The normalized spacial score (nSPS) is 13.4. The number of benzene rings is 2. The van der Waals surface area contributed by atoms with Gasteiger partial charge in [-0.1, -0.05) is 23.4 Å². The van der Waals surface area contributed by atoms with Crippen LogP contribution in [0.1, 0.15) is 11.5 Å². The summed E-state index contributed by atoms with van der Waals surface area (Å²) in [4.78, 5) is 4.30. The van der Waals surface area contributed by atoms with Gasteiger partial charge in [0.2, 0.25) is 11.7 Å². The van der Waals surface area contributed by atoms with Gasteiger partial charge >= 0.3 is 0 Å². The van der Waals surface area contributed by atoms with E-state index in [9.17, 15) is 13.0 Å². The molecule has 1 heterocycles. The number of halogens is 2. The Morgan fingerprint density at radius 1 is 1.16 bits per heavy atom. The fraction of sp³-hybridized carbons (Fsp3) is 0.176. The molecule has 0 fully saturated rings. The first-order valence-electron chi connectivity index (χ1n) is 7.38. The van der Waals surface area contributed by atoms with Gasteiger partial charge in [0, 0.05) is 18.7 Å². The van der Waals surface area contributed by atoms with Crippen LogP contribution in [0.4, 0.5) is 8.78 Å². The predicted octanol–water partition coefficient (Wildman–Crippen LogP) is 3.98. The van der Waals surface area contributed by atoms with Gasteiger partial charge in [-0.15, -0.1) is 0 Å². The molecule has 0 saturated carbocycles. The van der Waals surface area contributed by atoms with E-state index in [-0.39, 0.29) is 11.4 Å². The van der Waals surface area contributed by atoms with E-state index in [2.05, 4.69) is 14.5 Å². The summed E-state index contributed by atoms with van der Waals surface area (Å²) in [6.07, 6.45) is 1.39. The molecular weight excluding hydrogens is 348 g/mol. The van der Waals surface area contributed by atoms with Crippen LogP contribution in [0.3, 0.4) is 0 Å². The summed E-state index contributed by atoms with van der Waals surface area (Å²) in [6.45, 7) is 1.85. The van der Waals surface area contributed by atoms with Crippen LogP contribution in [0, 0.1) is 18.6 Å². The Hall–Kier alpha value is -2.61. The summed E-state index contributed by atoms with van der Waals surface area (Å²) < 4.78 is 48.2. The number of hydrogen-bond donors (Lipinski definition) is 0. The average Bonchev–Trinajstić information content (AvgIpc) is 3.02. The van der Waals surface area contributed by atoms with E-state index in [0.29, 0.717) is 11.7 Å². The van der Waals surface area contributed by atoms with Crippen molar-refractivity contribution in [2.75, 3.05) is 6.26 Å². The van der Waals surface area contributed by atoms with Crippen molar-refractivity contribution in [1.29, 1.82) is 0 Å². The van der Waals surface area contributed by atoms with Crippen LogP contribution in [0.5, 0.6) is 0 Å². The van der Waals surface area contributed by atoms with Gasteiger partial charge in [0.1, 0.15) is 0 Å². The largest absolute Gasteiger partial charge is 0.339 e. The van der Waals surface area contributed by atoms with E-state index in [1.165, 1.54) is 12.3 Å². The van der Waals surface area contributed by atoms with Gasteiger partial charge in [-0.25, -0.2) is 17.4 Å². The first kappa shape index (κ1) is 17.2. The van der Waals surface area contributed by atoms with Crippen LogP contribution in [-0.2, 0) is 16.3 Å². The lowest BCUT2D eigenvalue weighted by Crippen LogP contribution is -2.00. The van der Waals surface area contributed by atoms with Crippen molar-refractivity contribution in [3.8, 4) is 11.4 Å². The zero-order valence-electron chi connectivity index (χ0n) is 13.6. The van der Waals surface area contributed by atoms with Gasteiger partial charge in [0.25, 0.3) is 0 Å². The van der Waals surface area contributed by atoms with Gasteiger partial charge < -0.3 is 4.52 Å². The summed E-state index contributed by atoms with van der Waals surface area (Å²) in [5.41, 5.74) is 1.54. The lowest BCUT2D eigenvalue weighted by atomic mass is 10.1. The van der Waals surface area contributed by atoms with Crippen molar-refractivity contribution in [3.63, 3.8) is 0 Å². The van der Waals surface area contributed by atoms with E-state index >= 15 is 0 Å². The van der Waals surface area contributed by atoms with E-state index < -0.39 is 21.4 Å². The molecule has 2 aromatic carbocycles. The van der Waals surface area contributed by atoms with Crippen molar-refractivity contribution < 1.29 is 17.5 Å². The Kier molecular flexibility index (Phi) is 4.63. The molecule has 0 amide bonds. The molecule has 0 radical (unpaired) electrons. The molecule has 8 heteroatoms. The molecule has 0 saturated heterocycles. The summed E-state index contributed by atoms with van der Waals surface area (Å²) in [5.74, 6) is -1.11. The highest BCUT2D eigenvalue weighted by atomic mass is 32.2. The van der Waals surface area contributed by atoms with Crippen LogP contribution in [-0.4, -0.2) is 20.6 Å². The van der Waals surface area contributed by atoms with Gasteiger partial charge in [-0.3, -0.25) is 0 Å². The molecule has 0 spiro atoms. The molecule has 1 unspecified atom stereocenters. The molecule has 0 aliphatic heterocycles. The molecule has 3 aromatic rings. The van der Waals surface area contributed by atoms with Crippen molar-refractivity contribution in [1.82, 2.24) is 10.1 Å². The van der Waals surface area contributed by atoms with Gasteiger partial charge in [0.15, 0.2) is 11.6 Å². The molecule has 25 heavy (non-hydrogen) atoms. The van der Waals surface area contributed by atoms with Crippen LogP contribution in [0.2, 0.25) is 0 Å². The lowest BCUT2D eigenvalue weighted by molar-refractivity contribution is 0.394. The molecule has 0 N–H and O–H groups in total. The summed E-state index contributed by atoms with van der Waals surface area (Å²) >= 11 is 0. The summed E-state index contributed by atoms with van der Waals surface area (Å²) in [7, 11) is -2.85. The fourth-order valence-corrected chi connectivity index (χ4v) is 3.40. The maximum absolute atomic E-state index is 13.4. The quantitative estimate of drug-likeness (QED) is 0.703.